The number of aryl methyl sites for hydroxylation is 2. The van der Waals surface area contributed by atoms with E-state index in [9.17, 15) is 5.11 Å². The van der Waals surface area contributed by atoms with Crippen LogP contribution in [0.2, 0.25) is 0 Å². The van der Waals surface area contributed by atoms with Crippen molar-refractivity contribution in [3.63, 3.8) is 0 Å². The Morgan fingerprint density at radius 2 is 1.57 bits per heavy atom. The fourth-order valence-electron chi connectivity index (χ4n) is 2.33. The summed E-state index contributed by atoms with van der Waals surface area (Å²) in [5.74, 6) is 1.33. The Kier molecular flexibility index (Phi) is 5.03. The van der Waals surface area contributed by atoms with Crippen LogP contribution in [0.5, 0.6) is 5.75 Å². The fraction of sp³-hybridized carbons (Fsp3) is 0.368. The van der Waals surface area contributed by atoms with Crippen LogP contribution in [0.25, 0.3) is 0 Å². The minimum Gasteiger partial charge on any atom is -0.490 e. The van der Waals surface area contributed by atoms with Crippen molar-refractivity contribution in [1.82, 2.24) is 0 Å². The summed E-state index contributed by atoms with van der Waals surface area (Å²) in [5, 5.41) is 10.2. The molecule has 112 valence electrons. The van der Waals surface area contributed by atoms with Crippen LogP contribution in [0.3, 0.4) is 0 Å². The quantitative estimate of drug-likeness (QED) is 0.873. The molecule has 0 bridgehead atoms. The molecular formula is C19H24O2. The predicted molar refractivity (Wildman–Crippen MR) is 86.9 cm³/mol. The monoisotopic (exact) mass is 284 g/mol. The van der Waals surface area contributed by atoms with Crippen LogP contribution in [-0.2, 0) is 0 Å². The minimum absolute atomic E-state index is 0.269. The highest BCUT2D eigenvalue weighted by molar-refractivity contribution is 5.35. The summed E-state index contributed by atoms with van der Waals surface area (Å²) in [6.45, 7) is 8.67. The van der Waals surface area contributed by atoms with E-state index in [-0.39, 0.29) is 6.61 Å². The summed E-state index contributed by atoms with van der Waals surface area (Å²) in [5.41, 5.74) is 4.48. The molecule has 1 unspecified atom stereocenters. The summed E-state index contributed by atoms with van der Waals surface area (Å²) >= 11 is 0. The second-order valence-electron chi connectivity index (χ2n) is 5.92. The Hall–Kier alpha value is -1.80. The van der Waals surface area contributed by atoms with E-state index in [0.29, 0.717) is 5.92 Å². The number of hydrogen-bond acceptors (Lipinski definition) is 2. The predicted octanol–water partition coefficient (Wildman–Crippen LogP) is 4.54. The second kappa shape index (κ2) is 6.77. The molecule has 2 aromatic carbocycles. The van der Waals surface area contributed by atoms with E-state index in [1.165, 1.54) is 11.1 Å². The zero-order valence-corrected chi connectivity index (χ0v) is 13.3. The Bertz CT molecular complexity index is 585. The molecule has 21 heavy (non-hydrogen) atoms. The topological polar surface area (TPSA) is 29.5 Å². The summed E-state index contributed by atoms with van der Waals surface area (Å²) in [6, 6.07) is 14.2. The van der Waals surface area contributed by atoms with Gasteiger partial charge in [0, 0.05) is 0 Å². The van der Waals surface area contributed by atoms with Gasteiger partial charge in [-0.05, 0) is 42.5 Å². The molecule has 0 saturated carbocycles. The lowest BCUT2D eigenvalue weighted by atomic mass is 10.0. The lowest BCUT2D eigenvalue weighted by Crippen LogP contribution is -2.10. The largest absolute Gasteiger partial charge is 0.490 e. The van der Waals surface area contributed by atoms with Gasteiger partial charge in [0.15, 0.2) is 0 Å². The van der Waals surface area contributed by atoms with Gasteiger partial charge < -0.3 is 9.84 Å². The molecule has 0 amide bonds. The first-order valence-electron chi connectivity index (χ1n) is 7.45. The molecule has 1 N–H and O–H groups in total. The standard InChI is InChI=1S/C19H24O2/c1-13(2)16-6-8-17(9-7-16)18(20)12-21-19-10-5-14(3)11-15(19)4/h5-11,13,18,20H,12H2,1-4H3. The highest BCUT2D eigenvalue weighted by atomic mass is 16.5. The normalized spacial score (nSPS) is 12.5. The van der Waals surface area contributed by atoms with E-state index in [0.717, 1.165) is 16.9 Å². The van der Waals surface area contributed by atoms with Crippen LogP contribution >= 0.6 is 0 Å². The van der Waals surface area contributed by atoms with Gasteiger partial charge in [-0.2, -0.15) is 0 Å². The second-order valence-corrected chi connectivity index (χ2v) is 5.92. The summed E-state index contributed by atoms with van der Waals surface area (Å²) in [4.78, 5) is 0. The number of benzene rings is 2. The van der Waals surface area contributed by atoms with Gasteiger partial charge >= 0.3 is 0 Å². The molecule has 0 aliphatic heterocycles. The van der Waals surface area contributed by atoms with Crippen molar-refractivity contribution >= 4 is 0 Å². The van der Waals surface area contributed by atoms with Gasteiger partial charge in [-0.25, -0.2) is 0 Å². The van der Waals surface area contributed by atoms with Gasteiger partial charge in [-0.15, -0.1) is 0 Å². The van der Waals surface area contributed by atoms with E-state index < -0.39 is 6.10 Å². The molecule has 0 saturated heterocycles. The third kappa shape index (κ3) is 4.08. The molecule has 0 spiro atoms. The van der Waals surface area contributed by atoms with Crippen molar-refractivity contribution in [1.29, 1.82) is 0 Å². The SMILES string of the molecule is Cc1ccc(OCC(O)c2ccc(C(C)C)cc2)c(C)c1. The molecule has 1 atom stereocenters. The minimum atomic E-state index is -0.605. The molecule has 2 aromatic rings. The van der Waals surface area contributed by atoms with Crippen molar-refractivity contribution in [2.24, 2.45) is 0 Å². The maximum Gasteiger partial charge on any atom is 0.122 e. The number of ether oxygens (including phenoxy) is 1. The average molecular weight is 284 g/mol. The van der Waals surface area contributed by atoms with Crippen LogP contribution in [-0.4, -0.2) is 11.7 Å². The fourth-order valence-corrected chi connectivity index (χ4v) is 2.33. The lowest BCUT2D eigenvalue weighted by molar-refractivity contribution is 0.108. The van der Waals surface area contributed by atoms with E-state index in [4.69, 9.17) is 4.74 Å². The molecule has 0 radical (unpaired) electrons. The van der Waals surface area contributed by atoms with Crippen molar-refractivity contribution in [2.45, 2.75) is 39.7 Å². The third-order valence-electron chi connectivity index (χ3n) is 3.72. The van der Waals surface area contributed by atoms with E-state index in [2.05, 4.69) is 39.0 Å². The van der Waals surface area contributed by atoms with Crippen LogP contribution in [0.1, 0.15) is 48.1 Å². The van der Waals surface area contributed by atoms with Gasteiger partial charge in [-0.1, -0.05) is 55.8 Å². The molecular weight excluding hydrogens is 260 g/mol. The highest BCUT2D eigenvalue weighted by Crippen LogP contribution is 2.22. The summed E-state index contributed by atoms with van der Waals surface area (Å²) in [6.07, 6.45) is -0.605. The van der Waals surface area contributed by atoms with Crippen LogP contribution < -0.4 is 4.74 Å². The zero-order valence-electron chi connectivity index (χ0n) is 13.3. The van der Waals surface area contributed by atoms with Crippen molar-refractivity contribution in [2.75, 3.05) is 6.61 Å². The molecule has 0 aliphatic carbocycles. The first-order chi connectivity index (χ1) is 9.97. The van der Waals surface area contributed by atoms with Crippen molar-refractivity contribution in [3.8, 4) is 5.75 Å². The number of hydrogen-bond donors (Lipinski definition) is 1. The van der Waals surface area contributed by atoms with Gasteiger partial charge in [0.2, 0.25) is 0 Å². The molecule has 0 heterocycles. The summed E-state index contributed by atoms with van der Waals surface area (Å²) in [7, 11) is 0. The van der Waals surface area contributed by atoms with Crippen LogP contribution in [0.4, 0.5) is 0 Å². The maximum absolute atomic E-state index is 10.2. The van der Waals surface area contributed by atoms with E-state index in [1.807, 2.05) is 31.2 Å². The molecule has 2 nitrogen and oxygen atoms in total. The Balaban J connectivity index is 1.99. The molecule has 0 aliphatic rings. The Morgan fingerprint density at radius 3 is 2.14 bits per heavy atom. The van der Waals surface area contributed by atoms with E-state index >= 15 is 0 Å². The number of aliphatic hydroxyl groups is 1. The Labute approximate surface area is 127 Å². The number of aliphatic hydroxyl groups excluding tert-OH is 1. The van der Waals surface area contributed by atoms with Crippen LogP contribution in [0, 0.1) is 13.8 Å². The van der Waals surface area contributed by atoms with E-state index in [1.54, 1.807) is 0 Å². The van der Waals surface area contributed by atoms with Crippen molar-refractivity contribution < 1.29 is 9.84 Å². The average Bonchev–Trinajstić information content (AvgIpc) is 2.46. The molecule has 0 aromatic heterocycles. The Morgan fingerprint density at radius 1 is 0.952 bits per heavy atom. The lowest BCUT2D eigenvalue weighted by Gasteiger charge is -2.15. The van der Waals surface area contributed by atoms with Gasteiger partial charge in [0.1, 0.15) is 18.5 Å². The first-order valence-corrected chi connectivity index (χ1v) is 7.45. The van der Waals surface area contributed by atoms with Crippen molar-refractivity contribution in [3.05, 3.63) is 64.7 Å². The molecule has 0 fully saturated rings. The number of rotatable bonds is 5. The highest BCUT2D eigenvalue weighted by Gasteiger charge is 2.10. The molecule has 2 rings (SSSR count). The smallest absolute Gasteiger partial charge is 0.122 e. The van der Waals surface area contributed by atoms with Gasteiger partial charge in [0.25, 0.3) is 0 Å². The maximum atomic E-state index is 10.2. The molecule has 2 heteroatoms. The first kappa shape index (κ1) is 15.6. The zero-order chi connectivity index (χ0) is 15.4. The van der Waals surface area contributed by atoms with Gasteiger partial charge in [-0.3, -0.25) is 0 Å². The van der Waals surface area contributed by atoms with Gasteiger partial charge in [0.05, 0.1) is 0 Å². The summed E-state index contributed by atoms with van der Waals surface area (Å²) < 4.78 is 5.74. The third-order valence-corrected chi connectivity index (χ3v) is 3.72. The van der Waals surface area contributed by atoms with Crippen LogP contribution in [0.15, 0.2) is 42.5 Å².